The quantitative estimate of drug-likeness (QED) is 0.742. The molecule has 1 atom stereocenters. The first-order chi connectivity index (χ1) is 13.9. The fourth-order valence-corrected chi connectivity index (χ4v) is 4.94. The molecule has 1 aliphatic rings. The van der Waals surface area contributed by atoms with Crippen LogP contribution in [-0.2, 0) is 14.8 Å². The number of hydrogen-bond donors (Lipinski definition) is 1. The van der Waals surface area contributed by atoms with Crippen molar-refractivity contribution in [1.82, 2.24) is 9.62 Å². The van der Waals surface area contributed by atoms with E-state index in [9.17, 15) is 13.2 Å². The Hall–Kier alpha value is -2.15. The predicted molar refractivity (Wildman–Crippen MR) is 117 cm³/mol. The van der Waals surface area contributed by atoms with Gasteiger partial charge >= 0.3 is 0 Å². The summed E-state index contributed by atoms with van der Waals surface area (Å²) in [4.78, 5) is 12.6. The van der Waals surface area contributed by atoms with Crippen molar-refractivity contribution in [3.63, 3.8) is 0 Å². The topological polar surface area (TPSA) is 66.5 Å². The van der Waals surface area contributed by atoms with E-state index in [0.717, 1.165) is 11.1 Å². The summed E-state index contributed by atoms with van der Waals surface area (Å²) >= 11 is 6.20. The highest BCUT2D eigenvalue weighted by molar-refractivity contribution is 7.92. The van der Waals surface area contributed by atoms with Gasteiger partial charge in [-0.2, -0.15) is 4.31 Å². The van der Waals surface area contributed by atoms with Crippen LogP contribution in [0.15, 0.2) is 60.0 Å². The van der Waals surface area contributed by atoms with Gasteiger partial charge in [0.05, 0.1) is 6.04 Å². The summed E-state index contributed by atoms with van der Waals surface area (Å²) < 4.78 is 26.6. The Labute approximate surface area is 177 Å². The van der Waals surface area contributed by atoms with Crippen LogP contribution in [0, 0.1) is 5.92 Å². The molecule has 0 aromatic heterocycles. The second-order valence-corrected chi connectivity index (χ2v) is 9.41. The molecule has 0 radical (unpaired) electrons. The highest BCUT2D eigenvalue weighted by atomic mass is 35.5. The van der Waals surface area contributed by atoms with Gasteiger partial charge < -0.3 is 5.32 Å². The van der Waals surface area contributed by atoms with Crippen LogP contribution in [0.1, 0.15) is 36.9 Å². The lowest BCUT2D eigenvalue weighted by Gasteiger charge is -2.30. The highest BCUT2D eigenvalue weighted by Gasteiger charge is 2.30. The largest absolute Gasteiger partial charge is 0.349 e. The maximum Gasteiger partial charge on any atom is 0.236 e. The van der Waals surface area contributed by atoms with Gasteiger partial charge in [0.25, 0.3) is 0 Å². The smallest absolute Gasteiger partial charge is 0.236 e. The fourth-order valence-electron chi connectivity index (χ4n) is 3.42. The molecular weight excluding hydrogens is 408 g/mol. The summed E-state index contributed by atoms with van der Waals surface area (Å²) in [5.41, 5.74) is 1.70. The van der Waals surface area contributed by atoms with Crippen molar-refractivity contribution >= 4 is 33.6 Å². The Morgan fingerprint density at radius 2 is 1.72 bits per heavy atom. The Morgan fingerprint density at radius 1 is 1.10 bits per heavy atom. The minimum Gasteiger partial charge on any atom is -0.349 e. The van der Waals surface area contributed by atoms with E-state index in [-0.39, 0.29) is 17.9 Å². The lowest BCUT2D eigenvalue weighted by Crippen LogP contribution is -2.42. The maximum atomic E-state index is 12.6. The maximum absolute atomic E-state index is 12.6. The molecule has 1 amide bonds. The van der Waals surface area contributed by atoms with E-state index in [4.69, 9.17) is 11.6 Å². The Balaban J connectivity index is 1.55. The Bertz CT molecular complexity index is 969. The minimum atomic E-state index is -3.50. The molecular formula is C22H25ClN2O3S. The molecule has 0 saturated carbocycles. The van der Waals surface area contributed by atoms with Crippen LogP contribution in [0.25, 0.3) is 6.08 Å². The molecule has 2 aromatic rings. The number of halogens is 1. The predicted octanol–water partition coefficient (Wildman–Crippen LogP) is 4.23. The van der Waals surface area contributed by atoms with Crippen molar-refractivity contribution in [1.29, 1.82) is 0 Å². The van der Waals surface area contributed by atoms with Gasteiger partial charge in [-0.1, -0.05) is 60.1 Å². The molecule has 1 saturated heterocycles. The van der Waals surface area contributed by atoms with Crippen LogP contribution in [0.2, 0.25) is 5.02 Å². The molecule has 3 rings (SSSR count). The lowest BCUT2D eigenvalue weighted by molar-refractivity contribution is -0.126. The second kappa shape index (κ2) is 9.57. The summed E-state index contributed by atoms with van der Waals surface area (Å²) in [5, 5.41) is 4.86. The van der Waals surface area contributed by atoms with Crippen LogP contribution in [0.3, 0.4) is 0 Å². The minimum absolute atomic E-state index is 0.0608. The number of sulfonamides is 1. The van der Waals surface area contributed by atoms with Gasteiger partial charge in [-0.25, -0.2) is 8.42 Å². The van der Waals surface area contributed by atoms with E-state index in [1.54, 1.807) is 12.1 Å². The SMILES string of the molecule is CC(NC(=O)C1CCN(S(=O)(=O)/C=C/c2ccccc2)CC1)c1ccccc1Cl. The number of benzene rings is 2. The number of carbonyl (C=O) groups is 1. The molecule has 1 N–H and O–H groups in total. The molecule has 5 nitrogen and oxygen atoms in total. The third-order valence-corrected chi connectivity index (χ3v) is 7.06. The highest BCUT2D eigenvalue weighted by Crippen LogP contribution is 2.25. The number of piperidine rings is 1. The molecule has 1 unspecified atom stereocenters. The number of rotatable bonds is 6. The van der Waals surface area contributed by atoms with Crippen LogP contribution < -0.4 is 5.32 Å². The van der Waals surface area contributed by atoms with Gasteiger partial charge in [0, 0.05) is 29.4 Å². The van der Waals surface area contributed by atoms with Crippen molar-refractivity contribution in [2.24, 2.45) is 5.92 Å². The van der Waals surface area contributed by atoms with E-state index in [0.29, 0.717) is 31.0 Å². The summed E-state index contributed by atoms with van der Waals surface area (Å²) in [6, 6.07) is 16.5. The van der Waals surface area contributed by atoms with Crippen LogP contribution in [-0.4, -0.2) is 31.7 Å². The van der Waals surface area contributed by atoms with Crippen LogP contribution in [0.5, 0.6) is 0 Å². The first-order valence-electron chi connectivity index (χ1n) is 9.65. The van der Waals surface area contributed by atoms with Crippen LogP contribution >= 0.6 is 11.6 Å². The van der Waals surface area contributed by atoms with Crippen molar-refractivity contribution in [3.05, 3.63) is 76.2 Å². The van der Waals surface area contributed by atoms with Gasteiger partial charge in [0.1, 0.15) is 0 Å². The molecule has 0 spiro atoms. The number of hydrogen-bond acceptors (Lipinski definition) is 3. The van der Waals surface area contributed by atoms with Crippen molar-refractivity contribution in [2.75, 3.05) is 13.1 Å². The van der Waals surface area contributed by atoms with Gasteiger partial charge in [-0.05, 0) is 43.0 Å². The normalized spacial score (nSPS) is 17.3. The number of nitrogens with one attached hydrogen (secondary N) is 1. The summed E-state index contributed by atoms with van der Waals surface area (Å²) in [7, 11) is -3.50. The van der Waals surface area contributed by atoms with Gasteiger partial charge in [0.2, 0.25) is 15.9 Å². The summed E-state index contributed by atoms with van der Waals surface area (Å²) in [6.45, 7) is 2.56. The zero-order valence-electron chi connectivity index (χ0n) is 16.3. The number of amides is 1. The second-order valence-electron chi connectivity index (χ2n) is 7.18. The third-order valence-electron chi connectivity index (χ3n) is 5.15. The monoisotopic (exact) mass is 432 g/mol. The van der Waals surface area contributed by atoms with Crippen molar-refractivity contribution in [3.8, 4) is 0 Å². The first kappa shape index (κ1) is 21.6. The van der Waals surface area contributed by atoms with E-state index in [1.165, 1.54) is 9.71 Å². The molecule has 1 heterocycles. The zero-order chi connectivity index (χ0) is 20.9. The average molecular weight is 433 g/mol. The lowest BCUT2D eigenvalue weighted by atomic mass is 9.96. The van der Waals surface area contributed by atoms with Crippen molar-refractivity contribution in [2.45, 2.75) is 25.8 Å². The van der Waals surface area contributed by atoms with E-state index in [1.807, 2.05) is 55.5 Å². The Kier molecular flexibility index (Phi) is 7.11. The molecule has 29 heavy (non-hydrogen) atoms. The molecule has 1 fully saturated rings. The van der Waals surface area contributed by atoms with E-state index >= 15 is 0 Å². The van der Waals surface area contributed by atoms with E-state index in [2.05, 4.69) is 5.32 Å². The van der Waals surface area contributed by atoms with Gasteiger partial charge in [-0.3, -0.25) is 4.79 Å². The average Bonchev–Trinajstić information content (AvgIpc) is 2.73. The third kappa shape index (κ3) is 5.69. The molecule has 154 valence electrons. The molecule has 2 aromatic carbocycles. The number of carbonyl (C=O) groups excluding carboxylic acids is 1. The molecule has 7 heteroatoms. The van der Waals surface area contributed by atoms with Gasteiger partial charge in [0.15, 0.2) is 0 Å². The fraction of sp³-hybridized carbons (Fsp3) is 0.318. The van der Waals surface area contributed by atoms with Gasteiger partial charge in [-0.15, -0.1) is 0 Å². The first-order valence-corrected chi connectivity index (χ1v) is 11.5. The zero-order valence-corrected chi connectivity index (χ0v) is 17.9. The summed E-state index contributed by atoms with van der Waals surface area (Å²) in [6.07, 6.45) is 2.60. The molecule has 0 bridgehead atoms. The number of nitrogens with zero attached hydrogens (tertiary/aromatic N) is 1. The molecule has 1 aliphatic heterocycles. The summed E-state index contributed by atoms with van der Waals surface area (Å²) in [5.74, 6) is -0.265. The van der Waals surface area contributed by atoms with Crippen LogP contribution in [0.4, 0.5) is 0 Å². The standard InChI is InChI=1S/C22H25ClN2O3S/c1-17(20-9-5-6-10-21(20)23)24-22(26)19-11-14-25(15-12-19)29(27,28)16-13-18-7-3-2-4-8-18/h2-10,13,16-17,19H,11-12,14-15H2,1H3,(H,24,26)/b16-13+. The van der Waals surface area contributed by atoms with E-state index < -0.39 is 10.0 Å². The molecule has 0 aliphatic carbocycles. The Morgan fingerprint density at radius 3 is 2.38 bits per heavy atom. The van der Waals surface area contributed by atoms with Crippen molar-refractivity contribution < 1.29 is 13.2 Å².